The number of hydrogen-bond donors (Lipinski definition) is 1. The smallest absolute Gasteiger partial charge is 0.276 e. The number of ether oxygens (including phenoxy) is 1. The molecule has 7 heteroatoms. The van der Waals surface area contributed by atoms with Gasteiger partial charge in [0.05, 0.1) is 25.4 Å². The van der Waals surface area contributed by atoms with E-state index in [0.717, 1.165) is 5.56 Å². The van der Waals surface area contributed by atoms with Crippen molar-refractivity contribution in [1.29, 1.82) is 0 Å². The maximum atomic E-state index is 12.6. The molecular formula is C16H17ClN2O4. The SMILES string of the molecule is CC1COC(CO)CN1C(=O)c1cc(-c2cccc(Cl)c2)on1. The van der Waals surface area contributed by atoms with Crippen LogP contribution in [0.5, 0.6) is 0 Å². The van der Waals surface area contributed by atoms with Crippen molar-refractivity contribution in [3.05, 3.63) is 41.0 Å². The van der Waals surface area contributed by atoms with E-state index < -0.39 is 0 Å². The molecule has 2 atom stereocenters. The van der Waals surface area contributed by atoms with Gasteiger partial charge in [0.15, 0.2) is 11.5 Å². The van der Waals surface area contributed by atoms with Crippen LogP contribution in [0.25, 0.3) is 11.3 Å². The Balaban J connectivity index is 1.80. The van der Waals surface area contributed by atoms with Gasteiger partial charge in [-0.15, -0.1) is 0 Å². The van der Waals surface area contributed by atoms with E-state index in [1.807, 2.05) is 13.0 Å². The van der Waals surface area contributed by atoms with Crippen LogP contribution in [-0.2, 0) is 4.74 Å². The van der Waals surface area contributed by atoms with Crippen molar-refractivity contribution >= 4 is 17.5 Å². The van der Waals surface area contributed by atoms with Crippen molar-refractivity contribution in [2.45, 2.75) is 19.1 Å². The number of benzene rings is 1. The zero-order valence-corrected chi connectivity index (χ0v) is 13.4. The summed E-state index contributed by atoms with van der Waals surface area (Å²) in [5.41, 5.74) is 0.984. The number of carbonyl (C=O) groups excluding carboxylic acids is 1. The molecule has 1 saturated heterocycles. The molecule has 0 saturated carbocycles. The quantitative estimate of drug-likeness (QED) is 0.930. The minimum Gasteiger partial charge on any atom is -0.394 e. The fourth-order valence-electron chi connectivity index (χ4n) is 2.51. The van der Waals surface area contributed by atoms with Crippen LogP contribution in [0.2, 0.25) is 5.02 Å². The number of aliphatic hydroxyl groups excluding tert-OH is 1. The van der Waals surface area contributed by atoms with Gasteiger partial charge in [0.1, 0.15) is 0 Å². The molecule has 0 spiro atoms. The third-order valence-corrected chi connectivity index (χ3v) is 4.04. The molecule has 1 N–H and O–H groups in total. The average Bonchev–Trinajstić information content (AvgIpc) is 3.05. The summed E-state index contributed by atoms with van der Waals surface area (Å²) in [6.07, 6.45) is -0.366. The van der Waals surface area contributed by atoms with Crippen LogP contribution in [0.3, 0.4) is 0 Å². The molecule has 2 unspecified atom stereocenters. The highest BCUT2D eigenvalue weighted by Gasteiger charge is 2.31. The molecule has 6 nitrogen and oxygen atoms in total. The highest BCUT2D eigenvalue weighted by Crippen LogP contribution is 2.24. The van der Waals surface area contributed by atoms with E-state index in [1.165, 1.54) is 0 Å². The van der Waals surface area contributed by atoms with Crippen molar-refractivity contribution in [3.8, 4) is 11.3 Å². The Labute approximate surface area is 138 Å². The summed E-state index contributed by atoms with van der Waals surface area (Å²) in [5, 5.41) is 13.7. The minimum absolute atomic E-state index is 0.0865. The van der Waals surface area contributed by atoms with Gasteiger partial charge in [0, 0.05) is 23.2 Å². The van der Waals surface area contributed by atoms with Gasteiger partial charge in [-0.3, -0.25) is 4.79 Å². The van der Waals surface area contributed by atoms with E-state index >= 15 is 0 Å². The lowest BCUT2D eigenvalue weighted by atomic mass is 10.1. The summed E-state index contributed by atoms with van der Waals surface area (Å²) in [6.45, 7) is 2.48. The van der Waals surface area contributed by atoms with Gasteiger partial charge < -0.3 is 19.3 Å². The van der Waals surface area contributed by atoms with Crippen LogP contribution >= 0.6 is 11.6 Å². The number of hydrogen-bond acceptors (Lipinski definition) is 5. The molecule has 0 aliphatic carbocycles. The number of nitrogens with zero attached hydrogens (tertiary/aromatic N) is 2. The topological polar surface area (TPSA) is 75.8 Å². The highest BCUT2D eigenvalue weighted by molar-refractivity contribution is 6.30. The van der Waals surface area contributed by atoms with Crippen molar-refractivity contribution in [2.75, 3.05) is 19.8 Å². The summed E-state index contributed by atoms with van der Waals surface area (Å²) < 4.78 is 10.7. The zero-order valence-electron chi connectivity index (χ0n) is 12.6. The number of morpholine rings is 1. The Bertz CT molecular complexity index is 703. The maximum Gasteiger partial charge on any atom is 0.276 e. The second-order valence-electron chi connectivity index (χ2n) is 5.53. The Hall–Kier alpha value is -1.89. The minimum atomic E-state index is -0.366. The third-order valence-electron chi connectivity index (χ3n) is 3.81. The molecule has 0 radical (unpaired) electrons. The van der Waals surface area contributed by atoms with Crippen molar-refractivity contribution in [3.63, 3.8) is 0 Å². The number of amides is 1. The predicted molar refractivity (Wildman–Crippen MR) is 84.3 cm³/mol. The van der Waals surface area contributed by atoms with E-state index in [9.17, 15) is 9.90 Å². The Kier molecular flexibility index (Phi) is 4.66. The first kappa shape index (κ1) is 16.0. The molecule has 2 heterocycles. The van der Waals surface area contributed by atoms with Gasteiger partial charge in [0.25, 0.3) is 5.91 Å². The van der Waals surface area contributed by atoms with E-state index in [4.69, 9.17) is 20.9 Å². The van der Waals surface area contributed by atoms with Crippen LogP contribution in [-0.4, -0.2) is 53.0 Å². The van der Waals surface area contributed by atoms with E-state index in [0.29, 0.717) is 23.9 Å². The largest absolute Gasteiger partial charge is 0.394 e. The Morgan fingerprint density at radius 2 is 2.30 bits per heavy atom. The third kappa shape index (κ3) is 3.39. The van der Waals surface area contributed by atoms with Crippen LogP contribution in [0.4, 0.5) is 0 Å². The zero-order chi connectivity index (χ0) is 16.4. The molecule has 1 fully saturated rings. The van der Waals surface area contributed by atoms with Crippen molar-refractivity contribution < 1.29 is 19.2 Å². The van der Waals surface area contributed by atoms with Gasteiger partial charge in [-0.1, -0.05) is 28.9 Å². The number of halogens is 1. The molecule has 1 aliphatic heterocycles. The lowest BCUT2D eigenvalue weighted by Gasteiger charge is -2.36. The van der Waals surface area contributed by atoms with Crippen LogP contribution < -0.4 is 0 Å². The fourth-order valence-corrected chi connectivity index (χ4v) is 2.70. The number of aliphatic hydroxyl groups is 1. The summed E-state index contributed by atoms with van der Waals surface area (Å²) >= 11 is 5.96. The second kappa shape index (κ2) is 6.70. The molecule has 3 rings (SSSR count). The first-order valence-electron chi connectivity index (χ1n) is 7.34. The van der Waals surface area contributed by atoms with Gasteiger partial charge in [-0.25, -0.2) is 0 Å². The molecule has 1 aromatic carbocycles. The summed E-state index contributed by atoms with van der Waals surface area (Å²) in [7, 11) is 0. The Morgan fingerprint density at radius 3 is 3.04 bits per heavy atom. The molecule has 1 amide bonds. The van der Waals surface area contributed by atoms with Crippen molar-refractivity contribution in [2.24, 2.45) is 0 Å². The summed E-state index contributed by atoms with van der Waals surface area (Å²) in [5.74, 6) is 0.242. The monoisotopic (exact) mass is 336 g/mol. The lowest BCUT2D eigenvalue weighted by molar-refractivity contribution is -0.0669. The molecular weight excluding hydrogens is 320 g/mol. The first-order valence-corrected chi connectivity index (χ1v) is 7.72. The van der Waals surface area contributed by atoms with Crippen LogP contribution in [0, 0.1) is 0 Å². The fraction of sp³-hybridized carbons (Fsp3) is 0.375. The van der Waals surface area contributed by atoms with Crippen LogP contribution in [0.15, 0.2) is 34.9 Å². The molecule has 1 aliphatic rings. The first-order chi connectivity index (χ1) is 11.1. The maximum absolute atomic E-state index is 12.6. The normalized spacial score (nSPS) is 21.4. The number of carbonyl (C=O) groups is 1. The van der Waals surface area contributed by atoms with E-state index in [1.54, 1.807) is 29.2 Å². The summed E-state index contributed by atoms with van der Waals surface area (Å²) in [6, 6.07) is 8.66. The second-order valence-corrected chi connectivity index (χ2v) is 5.97. The molecule has 23 heavy (non-hydrogen) atoms. The molecule has 2 aromatic rings. The van der Waals surface area contributed by atoms with Gasteiger partial charge in [-0.05, 0) is 19.1 Å². The molecule has 1 aromatic heterocycles. The lowest BCUT2D eigenvalue weighted by Crippen LogP contribution is -2.52. The highest BCUT2D eigenvalue weighted by atomic mass is 35.5. The van der Waals surface area contributed by atoms with Gasteiger partial charge >= 0.3 is 0 Å². The Morgan fingerprint density at radius 1 is 1.48 bits per heavy atom. The average molecular weight is 337 g/mol. The van der Waals surface area contributed by atoms with E-state index in [2.05, 4.69) is 5.16 Å². The van der Waals surface area contributed by atoms with Crippen LogP contribution in [0.1, 0.15) is 17.4 Å². The number of rotatable bonds is 3. The summed E-state index contributed by atoms with van der Waals surface area (Å²) in [4.78, 5) is 14.3. The molecule has 122 valence electrons. The van der Waals surface area contributed by atoms with Crippen molar-refractivity contribution in [1.82, 2.24) is 10.1 Å². The van der Waals surface area contributed by atoms with Gasteiger partial charge in [0.2, 0.25) is 0 Å². The molecule has 0 bridgehead atoms. The predicted octanol–water partition coefficient (Wildman–Crippen LogP) is 2.22. The van der Waals surface area contributed by atoms with Gasteiger partial charge in [-0.2, -0.15) is 0 Å². The standard InChI is InChI=1S/C16H17ClN2O4/c1-10-9-22-13(8-20)7-19(10)16(21)14-6-15(23-18-14)11-3-2-4-12(17)5-11/h2-6,10,13,20H,7-9H2,1H3. The number of aromatic nitrogens is 1. The van der Waals surface area contributed by atoms with E-state index in [-0.39, 0.29) is 30.4 Å².